The Bertz CT molecular complexity index is 899. The third-order valence-electron chi connectivity index (χ3n) is 4.93. The summed E-state index contributed by atoms with van der Waals surface area (Å²) in [5.41, 5.74) is 1.63. The number of ether oxygens (including phenoxy) is 3. The number of amides is 2. The Labute approximate surface area is 194 Å². The maximum Gasteiger partial charge on any atom is 0.408 e. The van der Waals surface area contributed by atoms with Gasteiger partial charge in [-0.2, -0.15) is 0 Å². The number of alkyl carbamates (subject to hydrolysis) is 1. The van der Waals surface area contributed by atoms with Crippen LogP contribution in [0.4, 0.5) is 4.79 Å². The Morgan fingerprint density at radius 3 is 2.09 bits per heavy atom. The quantitative estimate of drug-likeness (QED) is 0.503. The molecule has 33 heavy (non-hydrogen) atoms. The molecule has 0 bridgehead atoms. The van der Waals surface area contributed by atoms with Gasteiger partial charge in [0.1, 0.15) is 24.4 Å². The number of hydrogen-bond acceptors (Lipinski definition) is 6. The van der Waals surface area contributed by atoms with Crippen molar-refractivity contribution in [2.75, 3.05) is 14.2 Å². The molecule has 0 radical (unpaired) electrons. The van der Waals surface area contributed by atoms with Crippen LogP contribution in [0.5, 0.6) is 5.75 Å². The molecule has 0 heterocycles. The van der Waals surface area contributed by atoms with Gasteiger partial charge in [0.15, 0.2) is 0 Å². The zero-order valence-corrected chi connectivity index (χ0v) is 19.5. The molecule has 0 spiro atoms. The van der Waals surface area contributed by atoms with Gasteiger partial charge in [-0.1, -0.05) is 56.3 Å². The van der Waals surface area contributed by atoms with Crippen molar-refractivity contribution < 1.29 is 28.6 Å². The molecular weight excluding hydrogens is 424 g/mol. The van der Waals surface area contributed by atoms with E-state index < -0.39 is 30.1 Å². The molecule has 178 valence electrons. The number of rotatable bonds is 11. The molecule has 2 unspecified atom stereocenters. The molecule has 0 saturated carbocycles. The maximum atomic E-state index is 13.1. The molecule has 2 rings (SSSR count). The minimum absolute atomic E-state index is 0.0711. The van der Waals surface area contributed by atoms with Gasteiger partial charge in [0.2, 0.25) is 5.91 Å². The topological polar surface area (TPSA) is 103 Å². The zero-order valence-electron chi connectivity index (χ0n) is 19.5. The first-order chi connectivity index (χ1) is 15.8. The summed E-state index contributed by atoms with van der Waals surface area (Å²) >= 11 is 0. The summed E-state index contributed by atoms with van der Waals surface area (Å²) in [7, 11) is 2.84. The van der Waals surface area contributed by atoms with Crippen LogP contribution in [0.25, 0.3) is 0 Å². The van der Waals surface area contributed by atoms with E-state index in [4.69, 9.17) is 14.2 Å². The van der Waals surface area contributed by atoms with E-state index in [1.165, 1.54) is 7.11 Å². The second-order valence-corrected chi connectivity index (χ2v) is 8.02. The highest BCUT2D eigenvalue weighted by Gasteiger charge is 2.28. The number of benzene rings is 2. The van der Waals surface area contributed by atoms with Crippen LogP contribution in [0.15, 0.2) is 54.6 Å². The largest absolute Gasteiger partial charge is 0.497 e. The summed E-state index contributed by atoms with van der Waals surface area (Å²) in [6.45, 7) is 3.95. The Morgan fingerprint density at radius 2 is 1.52 bits per heavy atom. The molecule has 8 nitrogen and oxygen atoms in total. The number of carbonyl (C=O) groups excluding carboxylic acids is 3. The predicted octanol–water partition coefficient (Wildman–Crippen LogP) is 3.24. The lowest BCUT2D eigenvalue weighted by Gasteiger charge is -2.23. The molecule has 2 aromatic carbocycles. The van der Waals surface area contributed by atoms with Crippen molar-refractivity contribution in [3.8, 4) is 5.75 Å². The normalized spacial score (nSPS) is 12.4. The SMILES string of the molecule is COC(=O)C(CC(C)C)NC(=O)C(Cc1ccc(OC)cc1)NC(=O)OCc1ccccc1. The van der Waals surface area contributed by atoms with Crippen molar-refractivity contribution in [1.29, 1.82) is 0 Å². The van der Waals surface area contributed by atoms with Crippen LogP contribution in [0.2, 0.25) is 0 Å². The first-order valence-corrected chi connectivity index (χ1v) is 10.8. The van der Waals surface area contributed by atoms with Crippen molar-refractivity contribution in [3.05, 3.63) is 65.7 Å². The van der Waals surface area contributed by atoms with Crippen LogP contribution in [0.3, 0.4) is 0 Å². The van der Waals surface area contributed by atoms with Gasteiger partial charge < -0.3 is 24.8 Å². The standard InChI is InChI=1S/C25H32N2O6/c1-17(2)14-22(24(29)32-4)26-23(28)21(15-18-10-12-20(31-3)13-11-18)27-25(30)33-16-19-8-6-5-7-9-19/h5-13,17,21-22H,14-16H2,1-4H3,(H,26,28)(H,27,30). The lowest BCUT2D eigenvalue weighted by molar-refractivity contribution is -0.145. The summed E-state index contributed by atoms with van der Waals surface area (Å²) in [6, 6.07) is 14.6. The smallest absolute Gasteiger partial charge is 0.408 e. The Kier molecular flexibility index (Phi) is 10.2. The Balaban J connectivity index is 2.12. The van der Waals surface area contributed by atoms with Gasteiger partial charge in [-0.3, -0.25) is 4.79 Å². The number of carbonyl (C=O) groups is 3. The minimum Gasteiger partial charge on any atom is -0.497 e. The van der Waals surface area contributed by atoms with E-state index in [0.717, 1.165) is 11.1 Å². The first-order valence-electron chi connectivity index (χ1n) is 10.8. The molecule has 8 heteroatoms. The lowest BCUT2D eigenvalue weighted by Crippen LogP contribution is -2.53. The Hall–Kier alpha value is -3.55. The zero-order chi connectivity index (χ0) is 24.2. The number of nitrogens with one attached hydrogen (secondary N) is 2. The van der Waals surface area contributed by atoms with E-state index in [1.54, 1.807) is 19.2 Å². The molecule has 2 amide bonds. The van der Waals surface area contributed by atoms with Gasteiger partial charge in [0.05, 0.1) is 14.2 Å². The second kappa shape index (κ2) is 13.1. The predicted molar refractivity (Wildman–Crippen MR) is 124 cm³/mol. The summed E-state index contributed by atoms with van der Waals surface area (Å²) in [5.74, 6) is -0.207. The van der Waals surface area contributed by atoms with Crippen molar-refractivity contribution in [1.82, 2.24) is 10.6 Å². The highest BCUT2D eigenvalue weighted by Crippen LogP contribution is 2.14. The molecule has 0 saturated heterocycles. The molecule has 2 aromatic rings. The van der Waals surface area contributed by atoms with E-state index in [-0.39, 0.29) is 18.9 Å². The van der Waals surface area contributed by atoms with Crippen molar-refractivity contribution in [2.45, 2.75) is 45.4 Å². The first kappa shape index (κ1) is 25.7. The average molecular weight is 457 g/mol. The van der Waals surface area contributed by atoms with E-state index in [9.17, 15) is 14.4 Å². The number of methoxy groups -OCH3 is 2. The molecule has 2 N–H and O–H groups in total. The van der Waals surface area contributed by atoms with Gasteiger partial charge in [-0.25, -0.2) is 9.59 Å². The highest BCUT2D eigenvalue weighted by atomic mass is 16.5. The van der Waals surface area contributed by atoms with Gasteiger partial charge in [0, 0.05) is 6.42 Å². The van der Waals surface area contributed by atoms with Crippen LogP contribution in [-0.4, -0.2) is 44.3 Å². The third-order valence-corrected chi connectivity index (χ3v) is 4.93. The van der Waals surface area contributed by atoms with E-state index in [0.29, 0.717) is 12.2 Å². The molecule has 0 fully saturated rings. The third kappa shape index (κ3) is 8.84. The summed E-state index contributed by atoms with van der Waals surface area (Å²) in [6.07, 6.45) is -0.121. The monoisotopic (exact) mass is 456 g/mol. The average Bonchev–Trinajstić information content (AvgIpc) is 2.82. The van der Waals surface area contributed by atoms with Crippen molar-refractivity contribution in [2.24, 2.45) is 5.92 Å². The molecular formula is C25H32N2O6. The van der Waals surface area contributed by atoms with Crippen LogP contribution >= 0.6 is 0 Å². The number of hydrogen-bond donors (Lipinski definition) is 2. The summed E-state index contributed by atoms with van der Waals surface area (Å²) in [5, 5.41) is 5.34. The van der Waals surface area contributed by atoms with Gasteiger partial charge in [-0.15, -0.1) is 0 Å². The van der Waals surface area contributed by atoms with Crippen LogP contribution in [0, 0.1) is 5.92 Å². The van der Waals surface area contributed by atoms with Crippen LogP contribution < -0.4 is 15.4 Å². The summed E-state index contributed by atoms with van der Waals surface area (Å²) in [4.78, 5) is 37.7. The van der Waals surface area contributed by atoms with E-state index in [2.05, 4.69) is 10.6 Å². The maximum absolute atomic E-state index is 13.1. The van der Waals surface area contributed by atoms with E-state index >= 15 is 0 Å². The fourth-order valence-electron chi connectivity index (χ4n) is 3.21. The van der Waals surface area contributed by atoms with Crippen molar-refractivity contribution >= 4 is 18.0 Å². The number of esters is 1. The molecule has 0 aliphatic carbocycles. The molecule has 0 aliphatic heterocycles. The second-order valence-electron chi connectivity index (χ2n) is 8.02. The molecule has 2 atom stereocenters. The summed E-state index contributed by atoms with van der Waals surface area (Å²) < 4.78 is 15.3. The lowest BCUT2D eigenvalue weighted by atomic mass is 10.0. The van der Waals surface area contributed by atoms with Crippen LogP contribution in [-0.2, 0) is 32.1 Å². The minimum atomic E-state index is -0.957. The van der Waals surface area contributed by atoms with Crippen molar-refractivity contribution in [3.63, 3.8) is 0 Å². The van der Waals surface area contributed by atoms with Gasteiger partial charge in [0.25, 0.3) is 0 Å². The highest BCUT2D eigenvalue weighted by molar-refractivity contribution is 5.89. The van der Waals surface area contributed by atoms with E-state index in [1.807, 2.05) is 56.3 Å². The van der Waals surface area contributed by atoms with Gasteiger partial charge >= 0.3 is 12.1 Å². The fraction of sp³-hybridized carbons (Fsp3) is 0.400. The fourth-order valence-corrected chi connectivity index (χ4v) is 3.21. The van der Waals surface area contributed by atoms with Crippen LogP contribution in [0.1, 0.15) is 31.4 Å². The van der Waals surface area contributed by atoms with Gasteiger partial charge in [-0.05, 0) is 35.6 Å². The molecule has 0 aliphatic rings. The Morgan fingerprint density at radius 1 is 0.848 bits per heavy atom. The molecule has 0 aromatic heterocycles.